The summed E-state index contributed by atoms with van der Waals surface area (Å²) in [6, 6.07) is 6.52. The first-order chi connectivity index (χ1) is 9.02. The average Bonchev–Trinajstić information content (AvgIpc) is 2.43. The molecule has 1 aromatic carbocycles. The van der Waals surface area contributed by atoms with Gasteiger partial charge in [-0.2, -0.15) is 0 Å². The third kappa shape index (κ3) is 4.80. The maximum atomic E-state index is 12.3. The second-order valence-electron chi connectivity index (χ2n) is 4.48. The number of halogens is 1. The van der Waals surface area contributed by atoms with Crippen molar-refractivity contribution in [3.63, 3.8) is 0 Å². The van der Waals surface area contributed by atoms with Crippen LogP contribution in [0.2, 0.25) is 0 Å². The van der Waals surface area contributed by atoms with Gasteiger partial charge < -0.3 is 4.74 Å². The number of sulfone groups is 1. The standard InChI is InChI=1S/C14H21BrO3S/c1-3-4-5-6-7-14(15)19(16,17)13-10-8-12(18-2)9-11-13/h8-11,14H,3-7H2,1-2H3. The summed E-state index contributed by atoms with van der Waals surface area (Å²) in [5.41, 5.74) is 0. The van der Waals surface area contributed by atoms with Gasteiger partial charge in [-0.25, -0.2) is 8.42 Å². The molecule has 108 valence electrons. The van der Waals surface area contributed by atoms with Gasteiger partial charge in [-0.1, -0.05) is 48.5 Å². The molecule has 0 radical (unpaired) electrons. The largest absolute Gasteiger partial charge is 0.497 e. The molecular weight excluding hydrogens is 328 g/mol. The van der Waals surface area contributed by atoms with Crippen molar-refractivity contribution in [3.8, 4) is 5.75 Å². The van der Waals surface area contributed by atoms with Gasteiger partial charge in [0.2, 0.25) is 0 Å². The van der Waals surface area contributed by atoms with E-state index in [1.165, 1.54) is 0 Å². The third-order valence-electron chi connectivity index (χ3n) is 3.01. The van der Waals surface area contributed by atoms with E-state index in [4.69, 9.17) is 4.74 Å². The highest BCUT2D eigenvalue weighted by Gasteiger charge is 2.24. The molecule has 0 aliphatic rings. The molecular formula is C14H21BrO3S. The molecule has 0 fully saturated rings. The first kappa shape index (κ1) is 16.5. The average molecular weight is 349 g/mol. The smallest absolute Gasteiger partial charge is 0.191 e. The minimum atomic E-state index is -3.29. The van der Waals surface area contributed by atoms with E-state index >= 15 is 0 Å². The number of benzene rings is 1. The molecule has 0 amide bonds. The van der Waals surface area contributed by atoms with Crippen molar-refractivity contribution in [2.24, 2.45) is 0 Å². The SMILES string of the molecule is CCCCCCC(Br)S(=O)(=O)c1ccc(OC)cc1. The highest BCUT2D eigenvalue weighted by molar-refractivity contribution is 9.11. The fourth-order valence-electron chi connectivity index (χ4n) is 1.80. The van der Waals surface area contributed by atoms with Crippen molar-refractivity contribution in [2.75, 3.05) is 7.11 Å². The van der Waals surface area contributed by atoms with Crippen LogP contribution in [0.25, 0.3) is 0 Å². The quantitative estimate of drug-likeness (QED) is 0.523. The van der Waals surface area contributed by atoms with Crippen molar-refractivity contribution < 1.29 is 13.2 Å². The zero-order valence-electron chi connectivity index (χ0n) is 11.4. The number of unbranched alkanes of at least 4 members (excludes halogenated alkanes) is 3. The van der Waals surface area contributed by atoms with Gasteiger partial charge in [0.25, 0.3) is 0 Å². The Morgan fingerprint density at radius 1 is 1.16 bits per heavy atom. The number of rotatable bonds is 8. The molecule has 5 heteroatoms. The molecule has 1 rings (SSSR count). The van der Waals surface area contributed by atoms with Crippen molar-refractivity contribution in [1.82, 2.24) is 0 Å². The Morgan fingerprint density at radius 2 is 1.79 bits per heavy atom. The van der Waals surface area contributed by atoms with Crippen LogP contribution in [0, 0.1) is 0 Å². The Kier molecular flexibility index (Phi) is 6.86. The third-order valence-corrected chi connectivity index (χ3v) is 6.78. The molecule has 0 aliphatic heterocycles. The number of methoxy groups -OCH3 is 1. The van der Waals surface area contributed by atoms with Crippen LogP contribution in [-0.2, 0) is 9.84 Å². The molecule has 1 atom stereocenters. The van der Waals surface area contributed by atoms with Crippen molar-refractivity contribution in [3.05, 3.63) is 24.3 Å². The lowest BCUT2D eigenvalue weighted by atomic mass is 10.2. The Morgan fingerprint density at radius 3 is 2.32 bits per heavy atom. The summed E-state index contributed by atoms with van der Waals surface area (Å²) in [6.45, 7) is 2.14. The minimum Gasteiger partial charge on any atom is -0.497 e. The van der Waals surface area contributed by atoms with Gasteiger partial charge in [-0.3, -0.25) is 0 Å². The normalized spacial score (nSPS) is 13.2. The lowest BCUT2D eigenvalue weighted by molar-refractivity contribution is 0.414. The number of alkyl halides is 1. The Bertz CT molecular complexity index is 468. The van der Waals surface area contributed by atoms with Gasteiger partial charge in [0.15, 0.2) is 9.84 Å². The molecule has 0 aromatic heterocycles. The summed E-state index contributed by atoms with van der Waals surface area (Å²) in [5.74, 6) is 0.660. The van der Waals surface area contributed by atoms with Gasteiger partial charge in [0.05, 0.1) is 12.0 Å². The minimum absolute atomic E-state index is 0.339. The van der Waals surface area contributed by atoms with Crippen LogP contribution in [0.5, 0.6) is 5.75 Å². The van der Waals surface area contributed by atoms with E-state index < -0.39 is 14.0 Å². The van der Waals surface area contributed by atoms with E-state index in [0.29, 0.717) is 17.1 Å². The van der Waals surface area contributed by atoms with Gasteiger partial charge in [0.1, 0.15) is 9.91 Å². The van der Waals surface area contributed by atoms with E-state index in [-0.39, 0.29) is 0 Å². The lowest BCUT2D eigenvalue weighted by Crippen LogP contribution is -2.15. The van der Waals surface area contributed by atoms with E-state index in [9.17, 15) is 8.42 Å². The van der Waals surface area contributed by atoms with Crippen LogP contribution in [0.15, 0.2) is 29.2 Å². The topological polar surface area (TPSA) is 43.4 Å². The summed E-state index contributed by atoms with van der Waals surface area (Å²) in [6.07, 6.45) is 4.96. The van der Waals surface area contributed by atoms with Crippen LogP contribution in [0.4, 0.5) is 0 Å². The summed E-state index contributed by atoms with van der Waals surface area (Å²) in [5, 5.41) is 0. The number of hydrogen-bond donors (Lipinski definition) is 0. The van der Waals surface area contributed by atoms with Gasteiger partial charge >= 0.3 is 0 Å². The molecule has 3 nitrogen and oxygen atoms in total. The molecule has 0 aliphatic carbocycles. The maximum Gasteiger partial charge on any atom is 0.191 e. The molecule has 0 bridgehead atoms. The van der Waals surface area contributed by atoms with Gasteiger partial charge in [-0.05, 0) is 30.7 Å². The fraction of sp³-hybridized carbons (Fsp3) is 0.571. The highest BCUT2D eigenvalue weighted by atomic mass is 79.9. The first-order valence-corrected chi connectivity index (χ1v) is 9.00. The van der Waals surface area contributed by atoms with Crippen LogP contribution < -0.4 is 4.74 Å². The van der Waals surface area contributed by atoms with Gasteiger partial charge in [-0.15, -0.1) is 0 Å². The van der Waals surface area contributed by atoms with Crippen LogP contribution in [0.3, 0.4) is 0 Å². The molecule has 1 aromatic rings. The van der Waals surface area contributed by atoms with Crippen molar-refractivity contribution in [1.29, 1.82) is 0 Å². The second kappa shape index (κ2) is 7.90. The van der Waals surface area contributed by atoms with Crippen LogP contribution in [-0.4, -0.2) is 19.7 Å². The Hall–Kier alpha value is -0.550. The van der Waals surface area contributed by atoms with Crippen LogP contribution >= 0.6 is 15.9 Å². The Labute approximate surface area is 124 Å². The second-order valence-corrected chi connectivity index (χ2v) is 8.32. The molecule has 19 heavy (non-hydrogen) atoms. The fourth-order valence-corrected chi connectivity index (χ4v) is 4.06. The zero-order valence-corrected chi connectivity index (χ0v) is 13.8. The highest BCUT2D eigenvalue weighted by Crippen LogP contribution is 2.26. The van der Waals surface area contributed by atoms with Crippen LogP contribution in [0.1, 0.15) is 39.0 Å². The molecule has 0 heterocycles. The first-order valence-electron chi connectivity index (χ1n) is 6.54. The maximum absolute atomic E-state index is 12.3. The van der Waals surface area contributed by atoms with E-state index in [1.807, 2.05) is 0 Å². The van der Waals surface area contributed by atoms with Crippen molar-refractivity contribution >= 4 is 25.8 Å². The van der Waals surface area contributed by atoms with E-state index in [1.54, 1.807) is 31.4 Å². The lowest BCUT2D eigenvalue weighted by Gasteiger charge is -2.11. The summed E-state index contributed by atoms with van der Waals surface area (Å²) >= 11 is 3.30. The predicted octanol–water partition coefficient (Wildman–Crippen LogP) is 4.16. The summed E-state index contributed by atoms with van der Waals surface area (Å²) < 4.78 is 29.1. The molecule has 0 saturated heterocycles. The molecule has 0 spiro atoms. The van der Waals surface area contributed by atoms with E-state index in [2.05, 4.69) is 22.9 Å². The summed E-state index contributed by atoms with van der Waals surface area (Å²) in [4.78, 5) is 0.339. The molecule has 0 N–H and O–H groups in total. The predicted molar refractivity (Wildman–Crippen MR) is 81.7 cm³/mol. The monoisotopic (exact) mass is 348 g/mol. The number of hydrogen-bond acceptors (Lipinski definition) is 3. The van der Waals surface area contributed by atoms with Crippen molar-refractivity contribution in [2.45, 2.75) is 48.1 Å². The Balaban J connectivity index is 2.67. The summed E-state index contributed by atoms with van der Waals surface area (Å²) in [7, 11) is -1.73. The zero-order chi connectivity index (χ0) is 14.3. The van der Waals surface area contributed by atoms with E-state index in [0.717, 1.165) is 25.7 Å². The molecule has 1 unspecified atom stereocenters. The number of ether oxygens (including phenoxy) is 1. The molecule has 0 saturated carbocycles. The van der Waals surface area contributed by atoms with Gasteiger partial charge in [0, 0.05) is 0 Å².